The van der Waals surface area contributed by atoms with Crippen molar-refractivity contribution in [3.8, 4) is 0 Å². The summed E-state index contributed by atoms with van der Waals surface area (Å²) < 4.78 is 2.09. The molecule has 3 heterocycles. The number of nitrogens with zero attached hydrogens (tertiary/aromatic N) is 4. The number of anilines is 1. The summed E-state index contributed by atoms with van der Waals surface area (Å²) in [5.74, 6) is 0.155. The van der Waals surface area contributed by atoms with Crippen molar-refractivity contribution in [2.24, 2.45) is 7.05 Å². The van der Waals surface area contributed by atoms with E-state index in [0.717, 1.165) is 41.4 Å². The number of fused-ring (bicyclic) bond motifs is 1. The van der Waals surface area contributed by atoms with Gasteiger partial charge in [-0.15, -0.1) is 0 Å². The Morgan fingerprint density at radius 2 is 1.93 bits per heavy atom. The van der Waals surface area contributed by atoms with Gasteiger partial charge >= 0.3 is 6.03 Å². The van der Waals surface area contributed by atoms with Crippen LogP contribution in [0.3, 0.4) is 0 Å². The molecular formula is C21H28N6O3. The Balaban J connectivity index is 1.45. The van der Waals surface area contributed by atoms with Crippen molar-refractivity contribution in [2.75, 3.05) is 25.0 Å². The van der Waals surface area contributed by atoms with Crippen LogP contribution in [0, 0.1) is 0 Å². The summed E-state index contributed by atoms with van der Waals surface area (Å²) in [5, 5.41) is 5.34. The van der Waals surface area contributed by atoms with E-state index in [1.54, 1.807) is 13.8 Å². The van der Waals surface area contributed by atoms with Crippen LogP contribution in [-0.4, -0.2) is 62.4 Å². The number of imide groups is 1. The van der Waals surface area contributed by atoms with Crippen molar-refractivity contribution in [1.29, 1.82) is 0 Å². The number of imidazole rings is 1. The molecule has 0 bridgehead atoms. The van der Waals surface area contributed by atoms with Gasteiger partial charge in [0.25, 0.3) is 5.91 Å². The van der Waals surface area contributed by atoms with Crippen molar-refractivity contribution in [3.63, 3.8) is 0 Å². The Bertz CT molecular complexity index is 1010. The summed E-state index contributed by atoms with van der Waals surface area (Å²) >= 11 is 0. The molecule has 0 radical (unpaired) electrons. The lowest BCUT2D eigenvalue weighted by Crippen LogP contribution is -2.41. The second-order valence-corrected chi connectivity index (χ2v) is 8.62. The molecule has 2 fully saturated rings. The summed E-state index contributed by atoms with van der Waals surface area (Å²) in [6.07, 6.45) is 3.76. The average Bonchev–Trinajstić information content (AvgIpc) is 3.10. The van der Waals surface area contributed by atoms with Gasteiger partial charge in [0.05, 0.1) is 17.6 Å². The van der Waals surface area contributed by atoms with E-state index < -0.39 is 23.4 Å². The molecule has 30 heavy (non-hydrogen) atoms. The zero-order valence-electron chi connectivity index (χ0n) is 17.7. The lowest BCUT2D eigenvalue weighted by atomic mass is 10.1. The highest BCUT2D eigenvalue weighted by molar-refractivity contribution is 6.09. The van der Waals surface area contributed by atoms with Crippen molar-refractivity contribution in [1.82, 2.24) is 24.7 Å². The quantitative estimate of drug-likeness (QED) is 0.730. The first kappa shape index (κ1) is 20.3. The SMILES string of the molecule is Cn1c(CN2CCCCC2)nc2cc(NC(=O)CN3C(=O)NC(C)(C)C3=O)ccc21. The number of aromatic nitrogens is 2. The van der Waals surface area contributed by atoms with Gasteiger partial charge in [-0.1, -0.05) is 6.42 Å². The number of carbonyl (C=O) groups excluding carboxylic acids is 3. The molecule has 9 nitrogen and oxygen atoms in total. The monoisotopic (exact) mass is 412 g/mol. The first-order chi connectivity index (χ1) is 14.2. The summed E-state index contributed by atoms with van der Waals surface area (Å²) in [6.45, 7) is 5.92. The molecule has 0 aliphatic carbocycles. The average molecular weight is 412 g/mol. The van der Waals surface area contributed by atoms with Crippen molar-refractivity contribution in [3.05, 3.63) is 24.0 Å². The smallest absolute Gasteiger partial charge is 0.325 e. The number of aryl methyl sites for hydroxylation is 1. The van der Waals surface area contributed by atoms with Gasteiger partial charge in [0.1, 0.15) is 17.9 Å². The third kappa shape index (κ3) is 3.89. The minimum Gasteiger partial charge on any atom is -0.330 e. The van der Waals surface area contributed by atoms with Crippen LogP contribution >= 0.6 is 0 Å². The second kappa shape index (κ2) is 7.71. The highest BCUT2D eigenvalue weighted by atomic mass is 16.2. The molecule has 9 heteroatoms. The second-order valence-electron chi connectivity index (χ2n) is 8.62. The zero-order valence-corrected chi connectivity index (χ0v) is 17.7. The zero-order chi connectivity index (χ0) is 21.5. The van der Waals surface area contributed by atoms with Gasteiger partial charge < -0.3 is 15.2 Å². The molecule has 0 spiro atoms. The highest BCUT2D eigenvalue weighted by Gasteiger charge is 2.44. The summed E-state index contributed by atoms with van der Waals surface area (Å²) in [6, 6.07) is 5.00. The van der Waals surface area contributed by atoms with Crippen LogP contribution in [0.2, 0.25) is 0 Å². The number of hydrogen-bond donors (Lipinski definition) is 2. The molecule has 2 saturated heterocycles. The van der Waals surface area contributed by atoms with E-state index in [4.69, 9.17) is 4.98 Å². The minimum atomic E-state index is -0.991. The highest BCUT2D eigenvalue weighted by Crippen LogP contribution is 2.22. The molecule has 4 amide bonds. The normalized spacial score (nSPS) is 19.4. The molecular weight excluding hydrogens is 384 g/mol. The molecule has 2 aromatic rings. The van der Waals surface area contributed by atoms with Crippen LogP contribution in [0.15, 0.2) is 18.2 Å². The number of likely N-dealkylation sites (tertiary alicyclic amines) is 1. The molecule has 2 aliphatic heterocycles. The molecule has 160 valence electrons. The maximum atomic E-state index is 12.4. The molecule has 1 aromatic carbocycles. The van der Waals surface area contributed by atoms with Gasteiger partial charge in [0.2, 0.25) is 5.91 Å². The number of rotatable bonds is 5. The fourth-order valence-electron chi connectivity index (χ4n) is 4.09. The van der Waals surface area contributed by atoms with E-state index >= 15 is 0 Å². The third-order valence-corrected chi connectivity index (χ3v) is 5.82. The Morgan fingerprint density at radius 3 is 2.60 bits per heavy atom. The van der Waals surface area contributed by atoms with Gasteiger partial charge in [-0.3, -0.25) is 19.4 Å². The van der Waals surface area contributed by atoms with E-state index in [1.807, 2.05) is 25.2 Å². The number of carbonyl (C=O) groups is 3. The predicted octanol–water partition coefficient (Wildman–Crippen LogP) is 1.83. The van der Waals surface area contributed by atoms with Crippen molar-refractivity contribution >= 4 is 34.6 Å². The summed E-state index contributed by atoms with van der Waals surface area (Å²) in [7, 11) is 2.01. The van der Waals surface area contributed by atoms with Crippen LogP contribution < -0.4 is 10.6 Å². The number of benzene rings is 1. The molecule has 0 atom stereocenters. The standard InChI is InChI=1S/C21H28N6O3/c1-21(2)19(29)27(20(30)24-21)13-18(28)22-14-7-8-16-15(11-14)23-17(25(16)3)12-26-9-5-4-6-10-26/h7-8,11H,4-6,9-10,12-13H2,1-3H3,(H,22,28)(H,24,30). The third-order valence-electron chi connectivity index (χ3n) is 5.82. The topological polar surface area (TPSA) is 99.6 Å². The molecule has 0 saturated carbocycles. The molecule has 1 aromatic heterocycles. The van der Waals surface area contributed by atoms with Crippen molar-refractivity contribution < 1.29 is 14.4 Å². The van der Waals surface area contributed by atoms with Crippen LogP contribution in [0.1, 0.15) is 38.9 Å². The van der Waals surface area contributed by atoms with Crippen LogP contribution in [0.4, 0.5) is 10.5 Å². The largest absolute Gasteiger partial charge is 0.330 e. The van der Waals surface area contributed by atoms with Crippen LogP contribution in [0.5, 0.6) is 0 Å². The predicted molar refractivity (Wildman–Crippen MR) is 113 cm³/mol. The Kier molecular flexibility index (Phi) is 5.23. The molecule has 4 rings (SSSR count). The number of piperidine rings is 1. The lowest BCUT2D eigenvalue weighted by Gasteiger charge is -2.25. The lowest BCUT2D eigenvalue weighted by molar-refractivity contribution is -0.132. The minimum absolute atomic E-state index is 0.325. The van der Waals surface area contributed by atoms with E-state index in [0.29, 0.717) is 5.69 Å². The Labute approximate surface area is 175 Å². The molecule has 2 N–H and O–H groups in total. The van der Waals surface area contributed by atoms with E-state index in [1.165, 1.54) is 19.3 Å². The van der Waals surface area contributed by atoms with E-state index in [-0.39, 0.29) is 6.54 Å². The fourth-order valence-corrected chi connectivity index (χ4v) is 4.09. The van der Waals surface area contributed by atoms with Gasteiger partial charge in [0, 0.05) is 12.7 Å². The number of hydrogen-bond acceptors (Lipinski definition) is 5. The number of amides is 4. The van der Waals surface area contributed by atoms with E-state index in [2.05, 4.69) is 20.1 Å². The van der Waals surface area contributed by atoms with Gasteiger partial charge in [0.15, 0.2) is 0 Å². The van der Waals surface area contributed by atoms with Crippen LogP contribution in [0.25, 0.3) is 11.0 Å². The van der Waals surface area contributed by atoms with Gasteiger partial charge in [-0.2, -0.15) is 0 Å². The maximum absolute atomic E-state index is 12.4. The number of urea groups is 1. The fraction of sp³-hybridized carbons (Fsp3) is 0.524. The Morgan fingerprint density at radius 1 is 1.20 bits per heavy atom. The van der Waals surface area contributed by atoms with E-state index in [9.17, 15) is 14.4 Å². The summed E-state index contributed by atoms with van der Waals surface area (Å²) in [5.41, 5.74) is 1.39. The maximum Gasteiger partial charge on any atom is 0.325 e. The van der Waals surface area contributed by atoms with Gasteiger partial charge in [-0.25, -0.2) is 9.78 Å². The first-order valence-corrected chi connectivity index (χ1v) is 10.4. The van der Waals surface area contributed by atoms with Gasteiger partial charge in [-0.05, 0) is 58.0 Å². The van der Waals surface area contributed by atoms with Crippen LogP contribution in [-0.2, 0) is 23.2 Å². The van der Waals surface area contributed by atoms with Crippen molar-refractivity contribution in [2.45, 2.75) is 45.2 Å². The summed E-state index contributed by atoms with van der Waals surface area (Å²) in [4.78, 5) is 44.8. The molecule has 2 aliphatic rings. The Hall–Kier alpha value is -2.94. The first-order valence-electron chi connectivity index (χ1n) is 10.4. The molecule has 0 unspecified atom stereocenters. The number of nitrogens with one attached hydrogen (secondary N) is 2.